The van der Waals surface area contributed by atoms with Crippen LogP contribution in [-0.2, 0) is 16.1 Å². The number of esters is 1. The molecule has 0 radical (unpaired) electrons. The molecule has 1 N–H and O–H groups in total. The van der Waals surface area contributed by atoms with Gasteiger partial charge < -0.3 is 10.1 Å². The van der Waals surface area contributed by atoms with E-state index in [0.29, 0.717) is 13.2 Å². The molecule has 1 aromatic rings. The number of aryl methyl sites for hydroxylation is 1. The van der Waals surface area contributed by atoms with E-state index in [0.717, 1.165) is 12.1 Å². The number of nitrogens with one attached hydrogen (secondary N) is 1. The third kappa shape index (κ3) is 6.21. The summed E-state index contributed by atoms with van der Waals surface area (Å²) in [4.78, 5) is 11.2. The predicted molar refractivity (Wildman–Crippen MR) is 73.3 cm³/mol. The van der Waals surface area contributed by atoms with E-state index in [2.05, 4.69) is 30.4 Å². The van der Waals surface area contributed by atoms with Gasteiger partial charge in [0.1, 0.15) is 6.61 Å². The maximum Gasteiger partial charge on any atom is 0.330 e. The lowest BCUT2D eigenvalue weighted by Gasteiger charge is -2.06. The summed E-state index contributed by atoms with van der Waals surface area (Å²) in [5.74, 6) is -0.271. The monoisotopic (exact) mass is 247 g/mol. The first-order valence-electron chi connectivity index (χ1n) is 6.16. The second-order valence-electron chi connectivity index (χ2n) is 4.56. The number of carbonyl (C=O) groups excluding carboxylic acids is 1. The quantitative estimate of drug-likeness (QED) is 0.477. The molecule has 0 aliphatic carbocycles. The van der Waals surface area contributed by atoms with Crippen LogP contribution in [0.3, 0.4) is 0 Å². The molecule has 0 aliphatic rings. The summed E-state index contributed by atoms with van der Waals surface area (Å²) < 4.78 is 5.04. The molecule has 0 spiro atoms. The van der Waals surface area contributed by atoms with Crippen LogP contribution in [0, 0.1) is 6.92 Å². The summed E-state index contributed by atoms with van der Waals surface area (Å²) in [5, 5.41) is 3.24. The van der Waals surface area contributed by atoms with Crippen molar-refractivity contribution in [1.82, 2.24) is 5.32 Å². The molecule has 1 rings (SSSR count). The van der Waals surface area contributed by atoms with E-state index in [-0.39, 0.29) is 5.97 Å². The number of hydrogen-bond acceptors (Lipinski definition) is 3. The molecule has 3 heteroatoms. The van der Waals surface area contributed by atoms with Gasteiger partial charge in [-0.3, -0.25) is 0 Å². The number of benzene rings is 1. The van der Waals surface area contributed by atoms with Crippen LogP contribution < -0.4 is 5.32 Å². The standard InChI is InChI=1S/C15H21NO2/c1-12(2)9-15(17)18-8-7-16-11-14-6-4-5-13(3)10-14/h4-6,9-10,16H,7-8,11H2,1-3H3. The molecule has 1 aromatic carbocycles. The van der Waals surface area contributed by atoms with E-state index in [1.807, 2.05) is 19.9 Å². The van der Waals surface area contributed by atoms with Crippen molar-refractivity contribution in [2.75, 3.05) is 13.2 Å². The Labute approximate surface area is 109 Å². The van der Waals surface area contributed by atoms with Crippen LogP contribution in [0.25, 0.3) is 0 Å². The maximum absolute atomic E-state index is 11.2. The molecule has 0 atom stereocenters. The average Bonchev–Trinajstić information content (AvgIpc) is 2.27. The van der Waals surface area contributed by atoms with Crippen molar-refractivity contribution < 1.29 is 9.53 Å². The highest BCUT2D eigenvalue weighted by atomic mass is 16.5. The van der Waals surface area contributed by atoms with Crippen molar-refractivity contribution in [1.29, 1.82) is 0 Å². The third-order valence-electron chi connectivity index (χ3n) is 2.34. The first-order chi connectivity index (χ1) is 8.58. The first kappa shape index (κ1) is 14.5. The molecule has 0 amide bonds. The summed E-state index contributed by atoms with van der Waals surface area (Å²) in [7, 11) is 0. The molecule has 0 saturated carbocycles. The van der Waals surface area contributed by atoms with Crippen molar-refractivity contribution >= 4 is 5.97 Å². The lowest BCUT2D eigenvalue weighted by atomic mass is 10.1. The fourth-order valence-electron chi connectivity index (χ4n) is 1.56. The Morgan fingerprint density at radius 2 is 2.17 bits per heavy atom. The zero-order valence-electron chi connectivity index (χ0n) is 11.3. The molecule has 0 bridgehead atoms. The largest absolute Gasteiger partial charge is 0.461 e. The van der Waals surface area contributed by atoms with Crippen LogP contribution >= 0.6 is 0 Å². The summed E-state index contributed by atoms with van der Waals surface area (Å²) in [6.07, 6.45) is 1.50. The van der Waals surface area contributed by atoms with Crippen molar-refractivity contribution in [2.24, 2.45) is 0 Å². The molecule has 0 fully saturated rings. The van der Waals surface area contributed by atoms with E-state index in [1.165, 1.54) is 17.2 Å². The van der Waals surface area contributed by atoms with Crippen LogP contribution in [0.15, 0.2) is 35.9 Å². The van der Waals surface area contributed by atoms with E-state index in [4.69, 9.17) is 4.74 Å². The van der Waals surface area contributed by atoms with Gasteiger partial charge in [-0.15, -0.1) is 0 Å². The summed E-state index contributed by atoms with van der Waals surface area (Å²) >= 11 is 0. The van der Waals surface area contributed by atoms with Crippen LogP contribution in [-0.4, -0.2) is 19.1 Å². The molecule has 0 aromatic heterocycles. The Morgan fingerprint density at radius 3 is 2.83 bits per heavy atom. The smallest absolute Gasteiger partial charge is 0.330 e. The SMILES string of the molecule is CC(C)=CC(=O)OCCNCc1cccc(C)c1. The molecule has 3 nitrogen and oxygen atoms in total. The summed E-state index contributed by atoms with van der Waals surface area (Å²) in [6, 6.07) is 8.34. The number of ether oxygens (including phenoxy) is 1. The van der Waals surface area contributed by atoms with Crippen LogP contribution in [0.1, 0.15) is 25.0 Å². The van der Waals surface area contributed by atoms with Gasteiger partial charge in [-0.1, -0.05) is 35.4 Å². The molecular formula is C15H21NO2. The minimum atomic E-state index is -0.271. The van der Waals surface area contributed by atoms with Gasteiger partial charge in [-0.25, -0.2) is 4.79 Å². The second kappa shape index (κ2) is 7.67. The fraction of sp³-hybridized carbons (Fsp3) is 0.400. The number of carbonyl (C=O) groups is 1. The topological polar surface area (TPSA) is 38.3 Å². The van der Waals surface area contributed by atoms with Crippen molar-refractivity contribution in [3.63, 3.8) is 0 Å². The van der Waals surface area contributed by atoms with E-state index in [9.17, 15) is 4.79 Å². The minimum Gasteiger partial charge on any atom is -0.461 e. The van der Waals surface area contributed by atoms with Gasteiger partial charge in [0.05, 0.1) is 0 Å². The highest BCUT2D eigenvalue weighted by molar-refractivity contribution is 5.82. The minimum absolute atomic E-state index is 0.271. The Hall–Kier alpha value is -1.61. The maximum atomic E-state index is 11.2. The Bertz CT molecular complexity index is 420. The van der Waals surface area contributed by atoms with Crippen molar-refractivity contribution in [3.8, 4) is 0 Å². The molecule has 18 heavy (non-hydrogen) atoms. The van der Waals surface area contributed by atoms with Gasteiger partial charge in [0.25, 0.3) is 0 Å². The summed E-state index contributed by atoms with van der Waals surface area (Å²) in [5.41, 5.74) is 3.45. The van der Waals surface area contributed by atoms with E-state index >= 15 is 0 Å². The average molecular weight is 247 g/mol. The summed E-state index contributed by atoms with van der Waals surface area (Å²) in [6.45, 7) is 7.67. The Morgan fingerprint density at radius 1 is 1.39 bits per heavy atom. The highest BCUT2D eigenvalue weighted by Gasteiger charge is 1.97. The lowest BCUT2D eigenvalue weighted by molar-refractivity contribution is -0.137. The van der Waals surface area contributed by atoms with Gasteiger partial charge >= 0.3 is 5.97 Å². The van der Waals surface area contributed by atoms with Crippen LogP contribution in [0.2, 0.25) is 0 Å². The molecular weight excluding hydrogens is 226 g/mol. The van der Waals surface area contributed by atoms with Crippen LogP contribution in [0.4, 0.5) is 0 Å². The third-order valence-corrected chi connectivity index (χ3v) is 2.34. The van der Waals surface area contributed by atoms with Crippen molar-refractivity contribution in [3.05, 3.63) is 47.0 Å². The number of rotatable bonds is 6. The zero-order valence-corrected chi connectivity index (χ0v) is 11.3. The number of allylic oxidation sites excluding steroid dienone is 1. The molecule has 0 unspecified atom stereocenters. The highest BCUT2D eigenvalue weighted by Crippen LogP contribution is 2.02. The Kier molecular flexibility index (Phi) is 6.15. The number of hydrogen-bond donors (Lipinski definition) is 1. The second-order valence-corrected chi connectivity index (χ2v) is 4.56. The fourth-order valence-corrected chi connectivity index (χ4v) is 1.56. The lowest BCUT2D eigenvalue weighted by Crippen LogP contribution is -2.20. The van der Waals surface area contributed by atoms with Crippen molar-refractivity contribution in [2.45, 2.75) is 27.3 Å². The van der Waals surface area contributed by atoms with Gasteiger partial charge in [-0.05, 0) is 26.3 Å². The van der Waals surface area contributed by atoms with Gasteiger partial charge in [0, 0.05) is 19.2 Å². The van der Waals surface area contributed by atoms with Crippen LogP contribution in [0.5, 0.6) is 0 Å². The van der Waals surface area contributed by atoms with Gasteiger partial charge in [0.2, 0.25) is 0 Å². The molecule has 0 aliphatic heterocycles. The first-order valence-corrected chi connectivity index (χ1v) is 6.16. The van der Waals surface area contributed by atoms with E-state index in [1.54, 1.807) is 0 Å². The van der Waals surface area contributed by atoms with Gasteiger partial charge in [-0.2, -0.15) is 0 Å². The molecule has 0 saturated heterocycles. The van der Waals surface area contributed by atoms with E-state index < -0.39 is 0 Å². The normalized spacial score (nSPS) is 9.94. The molecule has 0 heterocycles. The zero-order chi connectivity index (χ0) is 13.4. The Balaban J connectivity index is 2.16. The van der Waals surface area contributed by atoms with Gasteiger partial charge in [0.15, 0.2) is 0 Å². The predicted octanol–water partition coefficient (Wildman–Crippen LogP) is 2.59. The molecule has 98 valence electrons.